The molecule has 6 heteroatoms. The monoisotopic (exact) mass is 349 g/mol. The van der Waals surface area contributed by atoms with Crippen molar-refractivity contribution in [3.05, 3.63) is 67.3 Å². The van der Waals surface area contributed by atoms with Gasteiger partial charge in [-0.2, -0.15) is 0 Å². The SMILES string of the molecule is O=c1cc(CNCc2ccc(Br)s2)nc2ccccn12. The lowest BCUT2D eigenvalue weighted by molar-refractivity contribution is 0.685. The van der Waals surface area contributed by atoms with Gasteiger partial charge in [0.1, 0.15) is 5.65 Å². The fourth-order valence-electron chi connectivity index (χ4n) is 1.95. The molecule has 0 spiro atoms. The molecular weight excluding hydrogens is 338 g/mol. The Bertz CT molecular complexity index is 796. The summed E-state index contributed by atoms with van der Waals surface area (Å²) in [5.74, 6) is 0. The first-order chi connectivity index (χ1) is 9.72. The van der Waals surface area contributed by atoms with Crippen molar-refractivity contribution in [3.63, 3.8) is 0 Å². The van der Waals surface area contributed by atoms with Gasteiger partial charge in [0.2, 0.25) is 0 Å². The molecule has 0 fully saturated rings. The van der Waals surface area contributed by atoms with Crippen LogP contribution in [0.4, 0.5) is 0 Å². The van der Waals surface area contributed by atoms with Gasteiger partial charge in [0.15, 0.2) is 0 Å². The van der Waals surface area contributed by atoms with Crippen LogP contribution in [0.1, 0.15) is 10.6 Å². The molecule has 20 heavy (non-hydrogen) atoms. The van der Waals surface area contributed by atoms with Crippen molar-refractivity contribution >= 4 is 32.9 Å². The van der Waals surface area contributed by atoms with E-state index >= 15 is 0 Å². The van der Waals surface area contributed by atoms with Gasteiger partial charge in [-0.3, -0.25) is 9.20 Å². The summed E-state index contributed by atoms with van der Waals surface area (Å²) in [7, 11) is 0. The minimum Gasteiger partial charge on any atom is -0.306 e. The number of halogens is 1. The van der Waals surface area contributed by atoms with Gasteiger partial charge in [0.05, 0.1) is 9.48 Å². The molecule has 0 aromatic carbocycles. The van der Waals surface area contributed by atoms with Crippen molar-refractivity contribution in [3.8, 4) is 0 Å². The molecule has 0 aliphatic carbocycles. The zero-order chi connectivity index (χ0) is 13.9. The fraction of sp³-hybridized carbons (Fsp3) is 0.143. The van der Waals surface area contributed by atoms with Crippen molar-refractivity contribution < 1.29 is 0 Å². The predicted molar refractivity (Wildman–Crippen MR) is 84.0 cm³/mol. The third-order valence-electron chi connectivity index (χ3n) is 2.86. The Balaban J connectivity index is 1.73. The molecule has 0 saturated carbocycles. The van der Waals surface area contributed by atoms with Gasteiger partial charge in [-0.25, -0.2) is 4.98 Å². The highest BCUT2D eigenvalue weighted by Gasteiger charge is 2.02. The minimum absolute atomic E-state index is 0.0498. The summed E-state index contributed by atoms with van der Waals surface area (Å²) in [6.07, 6.45) is 1.73. The molecule has 4 nitrogen and oxygen atoms in total. The van der Waals surface area contributed by atoms with Crippen LogP contribution in [0.5, 0.6) is 0 Å². The summed E-state index contributed by atoms with van der Waals surface area (Å²) in [5.41, 5.74) is 1.39. The molecule has 0 atom stereocenters. The van der Waals surface area contributed by atoms with Crippen LogP contribution in [-0.2, 0) is 13.1 Å². The molecule has 0 bridgehead atoms. The Hall–Kier alpha value is -1.50. The standard InChI is InChI=1S/C14H12BrN3OS/c15-12-5-4-11(20-12)9-16-8-10-7-14(19)18-6-2-1-3-13(18)17-10/h1-7,16H,8-9H2. The highest BCUT2D eigenvalue weighted by atomic mass is 79.9. The van der Waals surface area contributed by atoms with E-state index < -0.39 is 0 Å². The van der Waals surface area contributed by atoms with Gasteiger partial charge < -0.3 is 5.32 Å². The first-order valence-corrected chi connectivity index (χ1v) is 7.75. The Morgan fingerprint density at radius 3 is 2.95 bits per heavy atom. The average molecular weight is 350 g/mol. The van der Waals surface area contributed by atoms with E-state index in [4.69, 9.17) is 0 Å². The molecule has 3 heterocycles. The summed E-state index contributed by atoms with van der Waals surface area (Å²) in [4.78, 5) is 17.6. The van der Waals surface area contributed by atoms with Crippen LogP contribution < -0.4 is 10.9 Å². The Morgan fingerprint density at radius 2 is 2.15 bits per heavy atom. The van der Waals surface area contributed by atoms with E-state index in [9.17, 15) is 4.79 Å². The molecule has 0 aliphatic rings. The number of rotatable bonds is 4. The van der Waals surface area contributed by atoms with Gasteiger partial charge in [0, 0.05) is 30.2 Å². The molecule has 0 unspecified atom stereocenters. The molecule has 3 rings (SSSR count). The molecule has 0 amide bonds. The van der Waals surface area contributed by atoms with E-state index in [0.717, 1.165) is 16.0 Å². The lowest BCUT2D eigenvalue weighted by Crippen LogP contribution is -2.19. The maximum Gasteiger partial charge on any atom is 0.258 e. The summed E-state index contributed by atoms with van der Waals surface area (Å²) < 4.78 is 2.66. The molecule has 0 saturated heterocycles. The minimum atomic E-state index is -0.0498. The third-order valence-corrected chi connectivity index (χ3v) is 4.48. The largest absolute Gasteiger partial charge is 0.306 e. The highest BCUT2D eigenvalue weighted by molar-refractivity contribution is 9.11. The molecule has 0 aliphatic heterocycles. The van der Waals surface area contributed by atoms with Crippen LogP contribution in [0.3, 0.4) is 0 Å². The Morgan fingerprint density at radius 1 is 1.25 bits per heavy atom. The van der Waals surface area contributed by atoms with E-state index in [1.54, 1.807) is 28.0 Å². The molecule has 0 radical (unpaired) electrons. The average Bonchev–Trinajstić information content (AvgIpc) is 2.85. The number of nitrogens with zero attached hydrogens (tertiary/aromatic N) is 2. The number of nitrogens with one attached hydrogen (secondary N) is 1. The van der Waals surface area contributed by atoms with Crippen LogP contribution in [0.2, 0.25) is 0 Å². The Labute approximate surface area is 128 Å². The van der Waals surface area contributed by atoms with Crippen LogP contribution in [0.15, 0.2) is 51.2 Å². The van der Waals surface area contributed by atoms with Crippen LogP contribution >= 0.6 is 27.3 Å². The smallest absolute Gasteiger partial charge is 0.258 e. The number of fused-ring (bicyclic) bond motifs is 1. The highest BCUT2D eigenvalue weighted by Crippen LogP contribution is 2.21. The second kappa shape index (κ2) is 5.87. The van der Waals surface area contributed by atoms with Crippen molar-refractivity contribution in [2.75, 3.05) is 0 Å². The van der Waals surface area contributed by atoms with E-state index in [2.05, 4.69) is 32.3 Å². The van der Waals surface area contributed by atoms with E-state index in [-0.39, 0.29) is 5.56 Å². The van der Waals surface area contributed by atoms with Gasteiger partial charge >= 0.3 is 0 Å². The molecule has 102 valence electrons. The number of thiophene rings is 1. The molecule has 3 aromatic rings. The van der Waals surface area contributed by atoms with Gasteiger partial charge in [-0.1, -0.05) is 6.07 Å². The lowest BCUT2D eigenvalue weighted by atomic mass is 10.3. The normalized spacial score (nSPS) is 11.1. The first-order valence-electron chi connectivity index (χ1n) is 6.14. The van der Waals surface area contributed by atoms with Gasteiger partial charge in [0.25, 0.3) is 5.56 Å². The van der Waals surface area contributed by atoms with E-state index in [1.165, 1.54) is 4.88 Å². The summed E-state index contributed by atoms with van der Waals surface area (Å²) >= 11 is 5.14. The van der Waals surface area contributed by atoms with Gasteiger partial charge in [-0.15, -0.1) is 11.3 Å². The van der Waals surface area contributed by atoms with Crippen molar-refractivity contribution in [2.24, 2.45) is 0 Å². The van der Waals surface area contributed by atoms with Crippen molar-refractivity contribution in [1.29, 1.82) is 0 Å². The van der Waals surface area contributed by atoms with E-state index in [0.29, 0.717) is 12.2 Å². The van der Waals surface area contributed by atoms with Crippen molar-refractivity contribution in [1.82, 2.24) is 14.7 Å². The maximum atomic E-state index is 11.9. The molecule has 3 aromatic heterocycles. The van der Waals surface area contributed by atoms with Crippen LogP contribution in [0.25, 0.3) is 5.65 Å². The second-order valence-electron chi connectivity index (χ2n) is 4.32. The maximum absolute atomic E-state index is 11.9. The summed E-state index contributed by atoms with van der Waals surface area (Å²) in [5, 5.41) is 3.30. The topological polar surface area (TPSA) is 46.4 Å². The Kier molecular flexibility index (Phi) is 3.95. The van der Waals surface area contributed by atoms with Gasteiger partial charge in [-0.05, 0) is 40.2 Å². The summed E-state index contributed by atoms with van der Waals surface area (Å²) in [6.45, 7) is 1.35. The number of aromatic nitrogens is 2. The quantitative estimate of drug-likeness (QED) is 0.787. The molecule has 1 N–H and O–H groups in total. The predicted octanol–water partition coefficient (Wildman–Crippen LogP) is 2.81. The van der Waals surface area contributed by atoms with Crippen LogP contribution in [-0.4, -0.2) is 9.38 Å². The van der Waals surface area contributed by atoms with Crippen molar-refractivity contribution in [2.45, 2.75) is 13.1 Å². The number of hydrogen-bond acceptors (Lipinski definition) is 4. The first kappa shape index (κ1) is 13.5. The second-order valence-corrected chi connectivity index (χ2v) is 6.87. The fourth-order valence-corrected chi connectivity index (χ4v) is 3.41. The summed E-state index contributed by atoms with van der Waals surface area (Å²) in [6, 6.07) is 11.2. The zero-order valence-corrected chi connectivity index (χ0v) is 12.9. The van der Waals surface area contributed by atoms with E-state index in [1.807, 2.05) is 24.3 Å². The number of pyridine rings is 1. The zero-order valence-electron chi connectivity index (χ0n) is 10.5. The molecular formula is C14H12BrN3OS. The number of hydrogen-bond donors (Lipinski definition) is 1. The third kappa shape index (κ3) is 2.98. The lowest BCUT2D eigenvalue weighted by Gasteiger charge is -2.05. The van der Waals surface area contributed by atoms with Crippen LogP contribution in [0, 0.1) is 0 Å².